The van der Waals surface area contributed by atoms with Crippen LogP contribution in [0.15, 0.2) is 11.3 Å². The summed E-state index contributed by atoms with van der Waals surface area (Å²) in [5.41, 5.74) is 0.198. The third kappa shape index (κ3) is 3.27. The van der Waals surface area contributed by atoms with Gasteiger partial charge in [0.05, 0.1) is 6.61 Å². The summed E-state index contributed by atoms with van der Waals surface area (Å²) in [6.07, 6.45) is -3.84. The summed E-state index contributed by atoms with van der Waals surface area (Å²) in [5.74, 6) is -3.11. The van der Waals surface area contributed by atoms with Crippen LogP contribution in [0.2, 0.25) is 0 Å². The summed E-state index contributed by atoms with van der Waals surface area (Å²) < 4.78 is 52.6. The third-order valence-corrected chi connectivity index (χ3v) is 4.10. The molecule has 0 amide bonds. The molecular weight excluding hydrogens is 330 g/mol. The van der Waals surface area contributed by atoms with Crippen molar-refractivity contribution in [1.82, 2.24) is 0 Å². The molecule has 1 unspecified atom stereocenters. The van der Waals surface area contributed by atoms with Gasteiger partial charge in [-0.15, -0.1) is 0 Å². The van der Waals surface area contributed by atoms with Gasteiger partial charge >= 0.3 is 21.7 Å². The van der Waals surface area contributed by atoms with Crippen LogP contribution in [0.25, 0.3) is 0 Å². The van der Waals surface area contributed by atoms with Crippen LogP contribution < -0.4 is 5.14 Å². The van der Waals surface area contributed by atoms with Crippen LogP contribution in [0.3, 0.4) is 0 Å². The molecule has 2 fully saturated rings. The molecule has 2 aliphatic rings. The van der Waals surface area contributed by atoms with E-state index in [0.717, 1.165) is 0 Å². The Balaban J connectivity index is 2.36. The predicted octanol–water partition coefficient (Wildman–Crippen LogP) is -2.06. The number of hydrogen-bond donors (Lipinski definition) is 3. The average molecular weight is 345 g/mol. The number of allylic oxidation sites excluding steroid dienone is 1. The highest BCUT2D eigenvalue weighted by molar-refractivity contribution is 7.84. The molecule has 2 heterocycles. The lowest BCUT2D eigenvalue weighted by atomic mass is 9.94. The summed E-state index contributed by atoms with van der Waals surface area (Å²) in [7, 11) is -4.45. The maximum atomic E-state index is 11.2. The predicted molar refractivity (Wildman–Crippen MR) is 67.4 cm³/mol. The Hall–Kier alpha value is -0.600. The molecule has 5 atom stereocenters. The molecule has 0 radical (unpaired) electrons. The van der Waals surface area contributed by atoms with Crippen LogP contribution in [0, 0.1) is 0 Å². The normalized spacial score (nSPS) is 39.7. The molecule has 0 spiro atoms. The van der Waals surface area contributed by atoms with Gasteiger partial charge in [0.2, 0.25) is 0 Å². The molecule has 122 valence electrons. The Labute approximate surface area is 123 Å². The van der Waals surface area contributed by atoms with Crippen molar-refractivity contribution >= 4 is 21.7 Å². The van der Waals surface area contributed by atoms with E-state index in [2.05, 4.69) is 4.18 Å². The maximum Gasteiger partial charge on any atom is 0.379 e. The molecule has 0 aromatic rings. The highest BCUT2D eigenvalue weighted by Crippen LogP contribution is 2.38. The Kier molecular flexibility index (Phi) is 4.43. The first-order valence-corrected chi connectivity index (χ1v) is 8.22. The van der Waals surface area contributed by atoms with Crippen molar-refractivity contribution in [3.05, 3.63) is 11.3 Å². The zero-order valence-electron chi connectivity index (χ0n) is 11.1. The Morgan fingerprint density at radius 2 is 2.05 bits per heavy atom. The molecular formula is C9H15NO9S2. The van der Waals surface area contributed by atoms with Gasteiger partial charge in [-0.25, -0.2) is 0 Å². The smallest absolute Gasteiger partial charge is 0.379 e. The Morgan fingerprint density at radius 3 is 2.57 bits per heavy atom. The standard InChI is InChI=1S/C9H15NO9S2/c1-4(2)8(19-21(10,14)15)9(12)7(11)6-5(3-16-9)17-20(13)18-6/h5-7,11-12H,3H2,1-2H3,(H2,10,14,15)/t5-,6-,7+,9+,20?/m1/s1. The maximum absolute atomic E-state index is 11.2. The Bertz CT molecular complexity index is 584. The highest BCUT2D eigenvalue weighted by atomic mass is 32.2. The van der Waals surface area contributed by atoms with E-state index in [9.17, 15) is 22.8 Å². The van der Waals surface area contributed by atoms with E-state index >= 15 is 0 Å². The minimum atomic E-state index is -4.45. The topological polar surface area (TPSA) is 155 Å². The van der Waals surface area contributed by atoms with Gasteiger partial charge in [0, 0.05) is 0 Å². The molecule has 10 nitrogen and oxygen atoms in total. The number of aliphatic hydroxyl groups is 2. The van der Waals surface area contributed by atoms with Gasteiger partial charge in [-0.1, -0.05) is 0 Å². The van der Waals surface area contributed by atoms with Crippen LogP contribution in [-0.2, 0) is 39.0 Å². The monoisotopic (exact) mass is 345 g/mol. The quantitative estimate of drug-likeness (QED) is 0.490. The SMILES string of the molecule is CC(C)=C(OS(N)(=O)=O)[C@@]1(O)OC[C@H]2OS(=O)O[C@H]2[C@@H]1O. The van der Waals surface area contributed by atoms with Crippen molar-refractivity contribution in [2.75, 3.05) is 6.61 Å². The van der Waals surface area contributed by atoms with Crippen LogP contribution in [0.4, 0.5) is 0 Å². The van der Waals surface area contributed by atoms with Gasteiger partial charge in [-0.05, 0) is 19.4 Å². The van der Waals surface area contributed by atoms with Crippen molar-refractivity contribution in [3.63, 3.8) is 0 Å². The minimum absolute atomic E-state index is 0.198. The van der Waals surface area contributed by atoms with Gasteiger partial charge in [0.25, 0.3) is 5.79 Å². The largest absolute Gasteiger partial charge is 0.384 e. The molecule has 0 aromatic heterocycles. The fraction of sp³-hybridized carbons (Fsp3) is 0.778. The van der Waals surface area contributed by atoms with Crippen LogP contribution in [0.5, 0.6) is 0 Å². The lowest BCUT2D eigenvalue weighted by Gasteiger charge is -2.41. The van der Waals surface area contributed by atoms with Crippen molar-refractivity contribution in [2.45, 2.75) is 37.9 Å². The first kappa shape index (κ1) is 16.8. The molecule has 2 rings (SSSR count). The summed E-state index contributed by atoms with van der Waals surface area (Å²) in [5, 5.41) is 25.4. The van der Waals surface area contributed by atoms with Gasteiger partial charge in [-0.3, -0.25) is 8.37 Å². The molecule has 2 aliphatic heterocycles. The summed E-state index contributed by atoms with van der Waals surface area (Å²) >= 11 is -2.09. The summed E-state index contributed by atoms with van der Waals surface area (Å²) in [4.78, 5) is 0. The van der Waals surface area contributed by atoms with Gasteiger partial charge in [0.15, 0.2) is 5.76 Å². The van der Waals surface area contributed by atoms with E-state index in [1.54, 1.807) is 0 Å². The molecule has 0 bridgehead atoms. The van der Waals surface area contributed by atoms with E-state index in [0.29, 0.717) is 0 Å². The molecule has 2 saturated heterocycles. The van der Waals surface area contributed by atoms with E-state index in [1.807, 2.05) is 0 Å². The van der Waals surface area contributed by atoms with E-state index in [1.165, 1.54) is 13.8 Å². The second-order valence-corrected chi connectivity index (χ2v) is 6.70. The number of nitrogens with two attached hydrogens (primary N) is 1. The first-order valence-electron chi connectivity index (χ1n) is 5.75. The lowest BCUT2D eigenvalue weighted by molar-refractivity contribution is -0.295. The fourth-order valence-corrected chi connectivity index (χ4v) is 3.39. The second kappa shape index (κ2) is 5.55. The molecule has 21 heavy (non-hydrogen) atoms. The van der Waals surface area contributed by atoms with Gasteiger partial charge in [-0.2, -0.15) is 17.8 Å². The van der Waals surface area contributed by atoms with E-state index in [-0.39, 0.29) is 12.2 Å². The second-order valence-electron chi connectivity index (χ2n) is 4.76. The van der Waals surface area contributed by atoms with Crippen molar-refractivity contribution in [2.24, 2.45) is 5.14 Å². The van der Waals surface area contributed by atoms with E-state index in [4.69, 9.17) is 18.2 Å². The molecule has 0 saturated carbocycles. The van der Waals surface area contributed by atoms with Crippen molar-refractivity contribution in [3.8, 4) is 0 Å². The fourth-order valence-electron chi connectivity index (χ4n) is 2.04. The molecule has 0 aromatic carbocycles. The van der Waals surface area contributed by atoms with Gasteiger partial charge in [0.1, 0.15) is 18.3 Å². The van der Waals surface area contributed by atoms with Crippen LogP contribution in [0.1, 0.15) is 13.8 Å². The van der Waals surface area contributed by atoms with E-state index < -0.39 is 51.5 Å². The molecule has 4 N–H and O–H groups in total. The number of fused-ring (bicyclic) bond motifs is 1. The lowest BCUT2D eigenvalue weighted by Crippen LogP contribution is -2.61. The van der Waals surface area contributed by atoms with Crippen molar-refractivity contribution in [1.29, 1.82) is 0 Å². The van der Waals surface area contributed by atoms with Crippen LogP contribution in [-0.4, -0.2) is 53.5 Å². The first-order chi connectivity index (χ1) is 9.54. The number of ether oxygens (including phenoxy) is 1. The number of rotatable bonds is 3. The zero-order chi connectivity index (χ0) is 16.0. The summed E-state index contributed by atoms with van der Waals surface area (Å²) in [6.45, 7) is 2.55. The zero-order valence-corrected chi connectivity index (χ0v) is 12.7. The summed E-state index contributed by atoms with van der Waals surface area (Å²) in [6, 6.07) is 0. The minimum Gasteiger partial charge on any atom is -0.384 e. The number of aliphatic hydroxyl groups excluding tert-OH is 1. The van der Waals surface area contributed by atoms with Crippen LogP contribution >= 0.6 is 0 Å². The third-order valence-electron chi connectivity index (χ3n) is 2.92. The highest BCUT2D eigenvalue weighted by Gasteiger charge is 2.58. The Morgan fingerprint density at radius 1 is 1.43 bits per heavy atom. The van der Waals surface area contributed by atoms with Gasteiger partial charge < -0.3 is 19.1 Å². The molecule has 12 heteroatoms. The average Bonchev–Trinajstić information content (AvgIpc) is 2.71. The number of hydrogen-bond acceptors (Lipinski definition) is 9. The molecule has 0 aliphatic carbocycles. The van der Waals surface area contributed by atoms with Crippen molar-refractivity contribution < 1.29 is 40.1 Å².